The van der Waals surface area contributed by atoms with Gasteiger partial charge in [0.1, 0.15) is 6.61 Å². The molecule has 0 aliphatic rings. The Bertz CT molecular complexity index is 854. The smallest absolute Gasteiger partial charge is 0.259 e. The van der Waals surface area contributed by atoms with Crippen LogP contribution in [0.2, 0.25) is 0 Å². The number of nitrogens with one attached hydrogen (secondary N) is 2. The first-order valence-electron chi connectivity index (χ1n) is 6.21. The Morgan fingerprint density at radius 3 is 3.19 bits per heavy atom. The predicted octanol–water partition coefficient (Wildman–Crippen LogP) is 2.22. The summed E-state index contributed by atoms with van der Waals surface area (Å²) in [5.74, 6) is 5.07. The molecular formula is C15H11N3O2S. The number of thiazole rings is 1. The summed E-state index contributed by atoms with van der Waals surface area (Å²) in [4.78, 5) is 20.2. The van der Waals surface area contributed by atoms with E-state index in [0.29, 0.717) is 15.6 Å². The molecule has 0 fully saturated rings. The van der Waals surface area contributed by atoms with Crippen LogP contribution < -0.4 is 5.32 Å². The Morgan fingerprint density at radius 1 is 1.43 bits per heavy atom. The zero-order valence-corrected chi connectivity index (χ0v) is 11.7. The number of para-hydroxylation sites is 1. The molecule has 1 amide bonds. The lowest BCUT2D eigenvalue weighted by Crippen LogP contribution is -2.12. The maximum absolute atomic E-state index is 12.3. The van der Waals surface area contributed by atoms with E-state index in [1.165, 1.54) is 11.3 Å². The minimum Gasteiger partial charge on any atom is -0.384 e. The fourth-order valence-electron chi connectivity index (χ4n) is 1.95. The number of fused-ring (bicyclic) bond motifs is 1. The molecule has 0 radical (unpaired) electrons. The number of aliphatic hydroxyl groups excluding tert-OH is 1. The van der Waals surface area contributed by atoms with Gasteiger partial charge in [-0.3, -0.25) is 10.1 Å². The van der Waals surface area contributed by atoms with Gasteiger partial charge in [0.2, 0.25) is 0 Å². The number of carbonyl (C=O) groups is 1. The predicted molar refractivity (Wildman–Crippen MR) is 82.3 cm³/mol. The molecule has 5 nitrogen and oxygen atoms in total. The molecule has 21 heavy (non-hydrogen) atoms. The van der Waals surface area contributed by atoms with Crippen LogP contribution in [0, 0.1) is 11.8 Å². The van der Waals surface area contributed by atoms with E-state index < -0.39 is 0 Å². The van der Waals surface area contributed by atoms with Crippen molar-refractivity contribution < 1.29 is 9.90 Å². The Kier molecular flexibility index (Phi) is 3.69. The highest BCUT2D eigenvalue weighted by Crippen LogP contribution is 2.21. The fourth-order valence-corrected chi connectivity index (χ4v) is 2.64. The van der Waals surface area contributed by atoms with Crippen LogP contribution in [0.25, 0.3) is 10.9 Å². The highest BCUT2D eigenvalue weighted by molar-refractivity contribution is 7.16. The van der Waals surface area contributed by atoms with Crippen molar-refractivity contribution in [2.45, 2.75) is 0 Å². The van der Waals surface area contributed by atoms with Crippen LogP contribution >= 0.6 is 11.3 Å². The first-order valence-corrected chi connectivity index (χ1v) is 7.02. The van der Waals surface area contributed by atoms with Gasteiger partial charge in [-0.05, 0) is 12.1 Å². The van der Waals surface area contributed by atoms with E-state index >= 15 is 0 Å². The zero-order valence-electron chi connectivity index (χ0n) is 10.9. The SMILES string of the molecule is O=C(Nc1ncc(C#CCO)s1)c1cccc2cc[nH]c12. The summed E-state index contributed by atoms with van der Waals surface area (Å²) < 4.78 is 0. The van der Waals surface area contributed by atoms with Gasteiger partial charge < -0.3 is 10.1 Å². The van der Waals surface area contributed by atoms with Crippen molar-refractivity contribution in [1.82, 2.24) is 9.97 Å². The Labute approximate surface area is 124 Å². The van der Waals surface area contributed by atoms with E-state index in [1.807, 2.05) is 18.2 Å². The van der Waals surface area contributed by atoms with Crippen molar-refractivity contribution in [3.05, 3.63) is 47.1 Å². The van der Waals surface area contributed by atoms with Crippen molar-refractivity contribution in [3.8, 4) is 11.8 Å². The van der Waals surface area contributed by atoms with Crippen LogP contribution in [0.5, 0.6) is 0 Å². The van der Waals surface area contributed by atoms with Gasteiger partial charge in [-0.2, -0.15) is 0 Å². The van der Waals surface area contributed by atoms with Crippen LogP contribution in [0.15, 0.2) is 36.7 Å². The molecule has 0 saturated heterocycles. The first-order chi connectivity index (χ1) is 10.3. The zero-order chi connectivity index (χ0) is 14.7. The van der Waals surface area contributed by atoms with Gasteiger partial charge >= 0.3 is 0 Å². The van der Waals surface area contributed by atoms with Crippen molar-refractivity contribution >= 4 is 33.3 Å². The number of H-pyrrole nitrogens is 1. The molecule has 104 valence electrons. The summed E-state index contributed by atoms with van der Waals surface area (Å²) in [6.45, 7) is -0.200. The molecule has 0 aliphatic carbocycles. The van der Waals surface area contributed by atoms with E-state index in [0.717, 1.165) is 10.9 Å². The van der Waals surface area contributed by atoms with Crippen LogP contribution in [0.3, 0.4) is 0 Å². The molecule has 0 unspecified atom stereocenters. The summed E-state index contributed by atoms with van der Waals surface area (Å²) in [6.07, 6.45) is 3.37. The second kappa shape index (κ2) is 5.79. The molecule has 0 aliphatic heterocycles. The number of hydrogen-bond donors (Lipinski definition) is 3. The van der Waals surface area contributed by atoms with Gasteiger partial charge in [-0.1, -0.05) is 35.3 Å². The van der Waals surface area contributed by atoms with Gasteiger partial charge in [-0.15, -0.1) is 0 Å². The number of nitrogens with zero attached hydrogens (tertiary/aromatic N) is 1. The van der Waals surface area contributed by atoms with E-state index in [4.69, 9.17) is 5.11 Å². The molecule has 2 aromatic heterocycles. The molecule has 0 spiro atoms. The highest BCUT2D eigenvalue weighted by Gasteiger charge is 2.12. The molecule has 3 N–H and O–H groups in total. The summed E-state index contributed by atoms with van der Waals surface area (Å²) in [5, 5.41) is 12.9. The van der Waals surface area contributed by atoms with E-state index in [9.17, 15) is 4.79 Å². The topological polar surface area (TPSA) is 78.0 Å². The molecule has 0 saturated carbocycles. The second-order valence-corrected chi connectivity index (χ2v) is 5.22. The number of aromatic amines is 1. The maximum atomic E-state index is 12.3. The van der Waals surface area contributed by atoms with Crippen LogP contribution in [0.1, 0.15) is 15.2 Å². The van der Waals surface area contributed by atoms with Crippen LogP contribution in [-0.4, -0.2) is 27.6 Å². The number of rotatable bonds is 2. The lowest BCUT2D eigenvalue weighted by atomic mass is 10.1. The lowest BCUT2D eigenvalue weighted by Gasteiger charge is -2.03. The van der Waals surface area contributed by atoms with Crippen molar-refractivity contribution in [2.24, 2.45) is 0 Å². The van der Waals surface area contributed by atoms with Crippen LogP contribution in [0.4, 0.5) is 5.13 Å². The van der Waals surface area contributed by atoms with Gasteiger partial charge in [0.05, 0.1) is 22.2 Å². The summed E-state index contributed by atoms with van der Waals surface area (Å²) >= 11 is 1.27. The molecule has 1 aromatic carbocycles. The summed E-state index contributed by atoms with van der Waals surface area (Å²) in [5.41, 5.74) is 1.36. The first kappa shape index (κ1) is 13.4. The molecule has 3 aromatic rings. The monoisotopic (exact) mass is 297 g/mol. The van der Waals surface area contributed by atoms with Crippen molar-refractivity contribution in [3.63, 3.8) is 0 Å². The molecule has 0 atom stereocenters. The van der Waals surface area contributed by atoms with Gasteiger partial charge in [0, 0.05) is 11.6 Å². The van der Waals surface area contributed by atoms with E-state index in [1.54, 1.807) is 18.5 Å². The third-order valence-electron chi connectivity index (χ3n) is 2.85. The average molecular weight is 297 g/mol. The number of benzene rings is 1. The lowest BCUT2D eigenvalue weighted by molar-refractivity contribution is 0.102. The highest BCUT2D eigenvalue weighted by atomic mass is 32.1. The average Bonchev–Trinajstić information content (AvgIpc) is 3.13. The summed E-state index contributed by atoms with van der Waals surface area (Å²) in [6, 6.07) is 7.45. The Hall–Kier alpha value is -2.62. The van der Waals surface area contributed by atoms with Gasteiger partial charge in [0.25, 0.3) is 5.91 Å². The Morgan fingerprint density at radius 2 is 2.33 bits per heavy atom. The number of carbonyl (C=O) groups excluding carboxylic acids is 1. The van der Waals surface area contributed by atoms with Crippen molar-refractivity contribution in [1.29, 1.82) is 0 Å². The third-order valence-corrected chi connectivity index (χ3v) is 3.68. The van der Waals surface area contributed by atoms with Gasteiger partial charge in [0.15, 0.2) is 5.13 Å². The quantitative estimate of drug-likeness (QED) is 0.635. The second-order valence-electron chi connectivity index (χ2n) is 4.19. The molecule has 0 bridgehead atoms. The Balaban J connectivity index is 1.83. The fraction of sp³-hybridized carbons (Fsp3) is 0.0667. The molecule has 6 heteroatoms. The number of aromatic nitrogens is 2. The molecule has 3 rings (SSSR count). The van der Waals surface area contributed by atoms with E-state index in [-0.39, 0.29) is 12.5 Å². The maximum Gasteiger partial charge on any atom is 0.259 e. The number of amides is 1. The minimum atomic E-state index is -0.223. The normalized spacial score (nSPS) is 10.1. The number of hydrogen-bond acceptors (Lipinski definition) is 4. The molecule has 2 heterocycles. The van der Waals surface area contributed by atoms with E-state index in [2.05, 4.69) is 27.1 Å². The summed E-state index contributed by atoms with van der Waals surface area (Å²) in [7, 11) is 0. The standard InChI is InChI=1S/C15H11N3O2S/c19-8-2-4-11-9-17-15(21-11)18-14(20)12-5-1-3-10-6-7-16-13(10)12/h1,3,5-7,9,16,19H,8H2,(H,17,18,20). The minimum absolute atomic E-state index is 0.200. The number of aliphatic hydroxyl groups is 1. The van der Waals surface area contributed by atoms with Crippen LogP contribution in [-0.2, 0) is 0 Å². The van der Waals surface area contributed by atoms with Crippen molar-refractivity contribution in [2.75, 3.05) is 11.9 Å². The largest absolute Gasteiger partial charge is 0.384 e. The molecular weight excluding hydrogens is 286 g/mol. The number of anilines is 1. The van der Waals surface area contributed by atoms with Gasteiger partial charge in [-0.25, -0.2) is 4.98 Å². The third kappa shape index (κ3) is 2.79.